The smallest absolute Gasteiger partial charge is 0.223 e. The van der Waals surface area contributed by atoms with Crippen LogP contribution in [0.1, 0.15) is 38.3 Å². The van der Waals surface area contributed by atoms with Crippen molar-refractivity contribution in [3.63, 3.8) is 0 Å². The maximum Gasteiger partial charge on any atom is 0.223 e. The molecule has 0 aromatic carbocycles. The minimum absolute atomic E-state index is 0.556. The average Bonchev–Trinajstić information content (AvgIpc) is 2.22. The molecular weight excluding hydrogens is 186 g/mol. The molecule has 1 aromatic rings. The van der Waals surface area contributed by atoms with Gasteiger partial charge in [0.25, 0.3) is 0 Å². The van der Waals surface area contributed by atoms with Crippen molar-refractivity contribution in [1.29, 1.82) is 0 Å². The zero-order valence-electron chi connectivity index (χ0n) is 9.53. The fourth-order valence-corrected chi connectivity index (χ4v) is 2.21. The van der Waals surface area contributed by atoms with E-state index in [1.807, 2.05) is 19.2 Å². The normalized spacial score (nSPS) is 26.3. The highest BCUT2D eigenvalue weighted by molar-refractivity contribution is 5.26. The Hall–Kier alpha value is -1.12. The van der Waals surface area contributed by atoms with E-state index in [0.717, 1.165) is 17.6 Å². The van der Waals surface area contributed by atoms with Gasteiger partial charge in [-0.1, -0.05) is 19.8 Å². The van der Waals surface area contributed by atoms with Crippen LogP contribution < -0.4 is 5.32 Å². The monoisotopic (exact) mass is 205 g/mol. The number of hydrogen-bond acceptors (Lipinski definition) is 3. The van der Waals surface area contributed by atoms with Gasteiger partial charge in [0.1, 0.15) is 0 Å². The second-order valence-corrected chi connectivity index (χ2v) is 4.53. The van der Waals surface area contributed by atoms with Crippen molar-refractivity contribution in [2.24, 2.45) is 5.92 Å². The standard InChI is InChI=1S/C12H19N3/c1-9-5-3-4-6-11(9)15-12-13-8-7-10(2)14-12/h7-9,11H,3-6H2,1-2H3,(H,13,14,15). The molecule has 1 heterocycles. The summed E-state index contributed by atoms with van der Waals surface area (Å²) in [5, 5.41) is 3.45. The summed E-state index contributed by atoms with van der Waals surface area (Å²) >= 11 is 0. The summed E-state index contributed by atoms with van der Waals surface area (Å²) in [6.45, 7) is 4.31. The molecule has 0 bridgehead atoms. The third-order valence-corrected chi connectivity index (χ3v) is 3.22. The Balaban J connectivity index is 2.01. The highest BCUT2D eigenvalue weighted by Crippen LogP contribution is 2.25. The number of nitrogens with zero attached hydrogens (tertiary/aromatic N) is 2. The fourth-order valence-electron chi connectivity index (χ4n) is 2.21. The third kappa shape index (κ3) is 2.67. The SMILES string of the molecule is Cc1ccnc(NC2CCCCC2C)n1. The largest absolute Gasteiger partial charge is 0.351 e. The molecule has 0 spiro atoms. The van der Waals surface area contributed by atoms with Crippen molar-refractivity contribution in [2.75, 3.05) is 5.32 Å². The first-order valence-corrected chi connectivity index (χ1v) is 5.82. The van der Waals surface area contributed by atoms with Crippen LogP contribution in [0.4, 0.5) is 5.95 Å². The van der Waals surface area contributed by atoms with Gasteiger partial charge in [-0.15, -0.1) is 0 Å². The van der Waals surface area contributed by atoms with E-state index in [0.29, 0.717) is 6.04 Å². The summed E-state index contributed by atoms with van der Waals surface area (Å²) in [5.74, 6) is 1.52. The maximum atomic E-state index is 4.38. The summed E-state index contributed by atoms with van der Waals surface area (Å²) < 4.78 is 0. The van der Waals surface area contributed by atoms with Gasteiger partial charge in [0.15, 0.2) is 0 Å². The van der Waals surface area contributed by atoms with Crippen LogP contribution in [0, 0.1) is 12.8 Å². The maximum absolute atomic E-state index is 4.38. The van der Waals surface area contributed by atoms with Crippen molar-refractivity contribution in [1.82, 2.24) is 9.97 Å². The Morgan fingerprint density at radius 2 is 2.13 bits per heavy atom. The van der Waals surface area contributed by atoms with Crippen LogP contribution in [0.15, 0.2) is 12.3 Å². The van der Waals surface area contributed by atoms with E-state index in [1.54, 1.807) is 0 Å². The second-order valence-electron chi connectivity index (χ2n) is 4.53. The van der Waals surface area contributed by atoms with Crippen molar-refractivity contribution < 1.29 is 0 Å². The van der Waals surface area contributed by atoms with Crippen LogP contribution in [0.25, 0.3) is 0 Å². The van der Waals surface area contributed by atoms with Gasteiger partial charge in [-0.2, -0.15) is 0 Å². The van der Waals surface area contributed by atoms with Gasteiger partial charge < -0.3 is 5.32 Å². The van der Waals surface area contributed by atoms with Gasteiger partial charge in [-0.3, -0.25) is 0 Å². The minimum atomic E-state index is 0.556. The topological polar surface area (TPSA) is 37.8 Å². The zero-order chi connectivity index (χ0) is 10.7. The molecule has 2 atom stereocenters. The molecule has 1 fully saturated rings. The molecule has 3 nitrogen and oxygen atoms in total. The number of aromatic nitrogens is 2. The molecule has 0 radical (unpaired) electrons. The second kappa shape index (κ2) is 4.60. The summed E-state index contributed by atoms with van der Waals surface area (Å²) in [4.78, 5) is 8.63. The molecule has 0 aliphatic heterocycles. The van der Waals surface area contributed by atoms with E-state index < -0.39 is 0 Å². The molecule has 15 heavy (non-hydrogen) atoms. The van der Waals surface area contributed by atoms with Gasteiger partial charge in [0.2, 0.25) is 5.95 Å². The van der Waals surface area contributed by atoms with E-state index in [1.165, 1.54) is 25.7 Å². The van der Waals surface area contributed by atoms with Crippen molar-refractivity contribution in [3.05, 3.63) is 18.0 Å². The lowest BCUT2D eigenvalue weighted by molar-refractivity contribution is 0.348. The Labute approximate surface area is 91.3 Å². The van der Waals surface area contributed by atoms with Gasteiger partial charge >= 0.3 is 0 Å². The van der Waals surface area contributed by atoms with Gasteiger partial charge in [-0.25, -0.2) is 9.97 Å². The van der Waals surface area contributed by atoms with Crippen molar-refractivity contribution >= 4 is 5.95 Å². The molecule has 2 unspecified atom stereocenters. The summed E-state index contributed by atoms with van der Waals surface area (Å²) in [5.41, 5.74) is 1.02. The molecule has 3 heteroatoms. The van der Waals surface area contributed by atoms with Gasteiger partial charge in [0, 0.05) is 17.9 Å². The quantitative estimate of drug-likeness (QED) is 0.806. The third-order valence-electron chi connectivity index (χ3n) is 3.22. The van der Waals surface area contributed by atoms with E-state index >= 15 is 0 Å². The van der Waals surface area contributed by atoms with E-state index in [2.05, 4.69) is 22.2 Å². The van der Waals surface area contributed by atoms with Crippen LogP contribution in [0.3, 0.4) is 0 Å². The highest BCUT2D eigenvalue weighted by atomic mass is 15.1. The number of rotatable bonds is 2. The van der Waals surface area contributed by atoms with E-state index in [4.69, 9.17) is 0 Å². The average molecular weight is 205 g/mol. The summed E-state index contributed by atoms with van der Waals surface area (Å²) in [6.07, 6.45) is 7.09. The first-order chi connectivity index (χ1) is 7.25. The lowest BCUT2D eigenvalue weighted by atomic mass is 9.86. The number of nitrogens with one attached hydrogen (secondary N) is 1. The first kappa shape index (κ1) is 10.4. The van der Waals surface area contributed by atoms with Crippen LogP contribution in [0.5, 0.6) is 0 Å². The highest BCUT2D eigenvalue weighted by Gasteiger charge is 2.21. The Morgan fingerprint density at radius 1 is 1.33 bits per heavy atom. The van der Waals surface area contributed by atoms with Crippen molar-refractivity contribution in [2.45, 2.75) is 45.6 Å². The molecule has 2 rings (SSSR count). The first-order valence-electron chi connectivity index (χ1n) is 5.82. The molecular formula is C12H19N3. The zero-order valence-corrected chi connectivity index (χ0v) is 9.53. The summed E-state index contributed by atoms with van der Waals surface area (Å²) in [6, 6.07) is 2.48. The van der Waals surface area contributed by atoms with Crippen LogP contribution in [-0.2, 0) is 0 Å². The number of anilines is 1. The lowest BCUT2D eigenvalue weighted by Crippen LogP contribution is -2.31. The summed E-state index contributed by atoms with van der Waals surface area (Å²) in [7, 11) is 0. The van der Waals surface area contributed by atoms with E-state index in [-0.39, 0.29) is 0 Å². The Kier molecular flexibility index (Phi) is 3.19. The van der Waals surface area contributed by atoms with E-state index in [9.17, 15) is 0 Å². The molecule has 1 N–H and O–H groups in total. The minimum Gasteiger partial charge on any atom is -0.351 e. The predicted octanol–water partition coefficient (Wildman–Crippen LogP) is 2.78. The van der Waals surface area contributed by atoms with Crippen molar-refractivity contribution in [3.8, 4) is 0 Å². The molecule has 1 aliphatic rings. The number of aryl methyl sites for hydroxylation is 1. The Bertz CT molecular complexity index is 324. The van der Waals surface area contributed by atoms with Gasteiger partial charge in [0.05, 0.1) is 0 Å². The fraction of sp³-hybridized carbons (Fsp3) is 0.667. The molecule has 0 amide bonds. The van der Waals surface area contributed by atoms with Crippen LogP contribution in [0.2, 0.25) is 0 Å². The molecule has 0 saturated heterocycles. The number of hydrogen-bond donors (Lipinski definition) is 1. The molecule has 1 aromatic heterocycles. The van der Waals surface area contributed by atoms with Crippen LogP contribution in [-0.4, -0.2) is 16.0 Å². The Morgan fingerprint density at radius 3 is 2.87 bits per heavy atom. The molecule has 1 saturated carbocycles. The van der Waals surface area contributed by atoms with Crippen LogP contribution >= 0.6 is 0 Å². The predicted molar refractivity (Wildman–Crippen MR) is 61.8 cm³/mol. The van der Waals surface area contributed by atoms with Gasteiger partial charge in [-0.05, 0) is 31.7 Å². The molecule has 1 aliphatic carbocycles. The lowest BCUT2D eigenvalue weighted by Gasteiger charge is -2.29. The molecule has 82 valence electrons.